The van der Waals surface area contributed by atoms with Crippen LogP contribution in [0.3, 0.4) is 0 Å². The van der Waals surface area contributed by atoms with E-state index in [-0.39, 0.29) is 41.3 Å². The minimum absolute atomic E-state index is 0.000166. The number of phenols is 1. The van der Waals surface area contributed by atoms with E-state index in [1.165, 1.54) is 13.2 Å². The molecule has 5 N–H and O–H groups in total. The number of hydrogen-bond acceptors (Lipinski definition) is 11. The Morgan fingerprint density at radius 1 is 1.07 bits per heavy atom. The molecule has 4 rings (SSSR count). The summed E-state index contributed by atoms with van der Waals surface area (Å²) in [6.07, 6.45) is -5.59. The summed E-state index contributed by atoms with van der Waals surface area (Å²) in [6.45, 7) is 5.01. The molecule has 1 saturated heterocycles. The lowest BCUT2D eigenvalue weighted by atomic mass is 9.99. The summed E-state index contributed by atoms with van der Waals surface area (Å²) in [5.41, 5.74) is 1.25. The van der Waals surface area contributed by atoms with Gasteiger partial charge in [-0.25, -0.2) is 0 Å². The third-order valence-corrected chi connectivity index (χ3v) is 6.61. The third kappa shape index (κ3) is 5.65. The largest absolute Gasteiger partial charge is 0.507 e. The van der Waals surface area contributed by atoms with Crippen LogP contribution >= 0.6 is 0 Å². The molecule has 0 bridgehead atoms. The van der Waals surface area contributed by atoms with Crippen LogP contribution in [0.4, 0.5) is 0 Å². The Hall–Kier alpha value is -3.61. The molecule has 2 aromatic carbocycles. The molecule has 1 aliphatic heterocycles. The molecule has 2 heterocycles. The summed E-state index contributed by atoms with van der Waals surface area (Å²) >= 11 is 0. The van der Waals surface area contributed by atoms with Gasteiger partial charge in [0.15, 0.2) is 5.76 Å². The summed E-state index contributed by atoms with van der Waals surface area (Å²) in [4.78, 5) is 13.7. The van der Waals surface area contributed by atoms with Gasteiger partial charge in [-0.05, 0) is 51.5 Å². The highest BCUT2D eigenvalue weighted by atomic mass is 16.7. The Balaban J connectivity index is 1.94. The van der Waals surface area contributed by atoms with Gasteiger partial charge in [0, 0.05) is 17.2 Å². The van der Waals surface area contributed by atoms with E-state index in [2.05, 4.69) is 0 Å². The van der Waals surface area contributed by atoms with Crippen LogP contribution in [-0.4, -0.2) is 76.6 Å². The molecule has 1 unspecified atom stereocenters. The number of ether oxygens (including phenoxy) is 4. The predicted molar refractivity (Wildman–Crippen MR) is 145 cm³/mol. The monoisotopic (exact) mass is 558 g/mol. The number of rotatable bonds is 9. The SMILES string of the molecule is CCOc1c(-c2ccc(OC)cc2)oc2c(CC=C(C)C)c(O[C@@H]3OC(CO)[C@@H](O)[C@H](O)[C@H]3O)cc(O)c2c1=O. The highest BCUT2D eigenvalue weighted by Crippen LogP contribution is 2.41. The number of methoxy groups -OCH3 is 1. The maximum atomic E-state index is 13.7. The topological polar surface area (TPSA) is 168 Å². The molecule has 0 saturated carbocycles. The summed E-state index contributed by atoms with van der Waals surface area (Å²) in [5, 5.41) is 51.3. The Morgan fingerprint density at radius 2 is 1.77 bits per heavy atom. The van der Waals surface area contributed by atoms with Crippen molar-refractivity contribution in [3.8, 4) is 34.3 Å². The molecule has 0 spiro atoms. The van der Waals surface area contributed by atoms with E-state index in [4.69, 9.17) is 23.4 Å². The van der Waals surface area contributed by atoms with Crippen molar-refractivity contribution in [3.63, 3.8) is 0 Å². The zero-order valence-electron chi connectivity index (χ0n) is 22.7. The quantitative estimate of drug-likeness (QED) is 0.244. The van der Waals surface area contributed by atoms with Crippen LogP contribution in [0.1, 0.15) is 26.3 Å². The van der Waals surface area contributed by atoms with Crippen molar-refractivity contribution in [2.24, 2.45) is 0 Å². The molecule has 216 valence electrons. The lowest BCUT2D eigenvalue weighted by molar-refractivity contribution is -0.277. The molecule has 0 aliphatic carbocycles. The zero-order chi connectivity index (χ0) is 29.1. The number of fused-ring (bicyclic) bond motifs is 1. The highest BCUT2D eigenvalue weighted by molar-refractivity contribution is 5.91. The fourth-order valence-corrected chi connectivity index (χ4v) is 4.46. The lowest BCUT2D eigenvalue weighted by Crippen LogP contribution is -2.60. The van der Waals surface area contributed by atoms with Gasteiger partial charge >= 0.3 is 0 Å². The van der Waals surface area contributed by atoms with Crippen molar-refractivity contribution < 1.29 is 48.9 Å². The average Bonchev–Trinajstić information content (AvgIpc) is 2.94. The first kappa shape index (κ1) is 29.4. The summed E-state index contributed by atoms with van der Waals surface area (Å²) in [7, 11) is 1.53. The zero-order valence-corrected chi connectivity index (χ0v) is 22.7. The van der Waals surface area contributed by atoms with E-state index in [1.807, 2.05) is 19.9 Å². The smallest absolute Gasteiger partial charge is 0.239 e. The first-order valence-corrected chi connectivity index (χ1v) is 12.8. The van der Waals surface area contributed by atoms with Crippen LogP contribution in [0.25, 0.3) is 22.3 Å². The van der Waals surface area contributed by atoms with Gasteiger partial charge in [-0.1, -0.05) is 11.6 Å². The molecule has 0 radical (unpaired) electrons. The van der Waals surface area contributed by atoms with Crippen LogP contribution in [0, 0.1) is 0 Å². The first-order chi connectivity index (χ1) is 19.1. The van der Waals surface area contributed by atoms with Crippen LogP contribution in [0.5, 0.6) is 23.0 Å². The van der Waals surface area contributed by atoms with Crippen LogP contribution in [0.15, 0.2) is 51.2 Å². The number of aliphatic hydroxyl groups excluding tert-OH is 4. The molecule has 1 aromatic heterocycles. The van der Waals surface area contributed by atoms with Gasteiger partial charge in [-0.2, -0.15) is 0 Å². The number of benzene rings is 2. The van der Waals surface area contributed by atoms with E-state index < -0.39 is 48.5 Å². The maximum Gasteiger partial charge on any atom is 0.239 e. The van der Waals surface area contributed by atoms with Gasteiger partial charge < -0.3 is 48.9 Å². The molecule has 40 heavy (non-hydrogen) atoms. The van der Waals surface area contributed by atoms with Crippen LogP contribution < -0.4 is 19.6 Å². The van der Waals surface area contributed by atoms with Gasteiger partial charge in [0.1, 0.15) is 52.6 Å². The van der Waals surface area contributed by atoms with Gasteiger partial charge in [-0.15, -0.1) is 0 Å². The van der Waals surface area contributed by atoms with Crippen molar-refractivity contribution in [1.29, 1.82) is 0 Å². The molecule has 3 aromatic rings. The van der Waals surface area contributed by atoms with Crippen molar-refractivity contribution in [2.75, 3.05) is 20.3 Å². The Labute approximate surface area is 230 Å². The number of aromatic hydroxyl groups is 1. The van der Waals surface area contributed by atoms with Gasteiger partial charge in [0.05, 0.1) is 20.3 Å². The van der Waals surface area contributed by atoms with E-state index >= 15 is 0 Å². The Kier molecular flexibility index (Phi) is 9.02. The van der Waals surface area contributed by atoms with Crippen molar-refractivity contribution >= 4 is 11.0 Å². The number of phenolic OH excluding ortho intramolecular Hbond substituents is 1. The van der Waals surface area contributed by atoms with Gasteiger partial charge in [0.2, 0.25) is 17.5 Å². The van der Waals surface area contributed by atoms with Gasteiger partial charge in [-0.3, -0.25) is 4.79 Å². The summed E-state index contributed by atoms with van der Waals surface area (Å²) in [6, 6.07) is 8.01. The minimum atomic E-state index is -1.69. The van der Waals surface area contributed by atoms with E-state index in [9.17, 15) is 30.3 Å². The summed E-state index contributed by atoms with van der Waals surface area (Å²) in [5.74, 6) is 0.185. The molecule has 1 aliphatic rings. The fourth-order valence-electron chi connectivity index (χ4n) is 4.46. The Bertz CT molecular complexity index is 1420. The van der Waals surface area contributed by atoms with Crippen molar-refractivity contribution in [3.05, 3.63) is 57.8 Å². The second-order valence-corrected chi connectivity index (χ2v) is 9.63. The first-order valence-electron chi connectivity index (χ1n) is 12.8. The third-order valence-electron chi connectivity index (χ3n) is 6.61. The minimum Gasteiger partial charge on any atom is -0.507 e. The molecule has 0 amide bonds. The normalized spacial score (nSPS) is 22.6. The molecule has 11 nitrogen and oxygen atoms in total. The van der Waals surface area contributed by atoms with Gasteiger partial charge in [0.25, 0.3) is 0 Å². The molecule has 5 atom stereocenters. The van der Waals surface area contributed by atoms with Crippen LogP contribution in [0.2, 0.25) is 0 Å². The fraction of sp³-hybridized carbons (Fsp3) is 0.414. The lowest BCUT2D eigenvalue weighted by Gasteiger charge is -2.39. The average molecular weight is 559 g/mol. The number of aliphatic hydroxyl groups is 4. The molecule has 11 heteroatoms. The predicted octanol–water partition coefficient (Wildman–Crippen LogP) is 2.26. The van der Waals surface area contributed by atoms with E-state index in [0.717, 1.165) is 5.57 Å². The highest BCUT2D eigenvalue weighted by Gasteiger charge is 2.45. The molecular formula is C29H34O11. The standard InChI is InChI=1S/C29H34O11/c1-5-37-28-23(33)21-18(31)12-19(38-29-25(35)24(34)22(32)20(13-30)39-29)17(11-6-14(2)3)27(21)40-26(28)15-7-9-16(36-4)10-8-15/h6-10,12,20,22,24-25,29-32,34-35H,5,11,13H2,1-4H3/t20?,22-,24+,25-,29-/m1/s1. The van der Waals surface area contributed by atoms with Crippen molar-refractivity contribution in [2.45, 2.75) is 57.9 Å². The molecule has 1 fully saturated rings. The van der Waals surface area contributed by atoms with Crippen LogP contribution in [-0.2, 0) is 11.2 Å². The molecular weight excluding hydrogens is 524 g/mol. The Morgan fingerprint density at radius 3 is 2.38 bits per heavy atom. The second kappa shape index (κ2) is 12.3. The second-order valence-electron chi connectivity index (χ2n) is 9.63. The van der Waals surface area contributed by atoms with E-state index in [1.54, 1.807) is 31.2 Å². The summed E-state index contributed by atoms with van der Waals surface area (Å²) < 4.78 is 28.6. The number of hydrogen-bond donors (Lipinski definition) is 5. The number of allylic oxidation sites excluding steroid dienone is 2. The maximum absolute atomic E-state index is 13.7. The van der Waals surface area contributed by atoms with Crippen molar-refractivity contribution in [1.82, 2.24) is 0 Å². The van der Waals surface area contributed by atoms with E-state index in [0.29, 0.717) is 16.9 Å².